The Balaban J connectivity index is 1.69. The molecule has 2 saturated carbocycles. The van der Waals surface area contributed by atoms with E-state index in [0.717, 1.165) is 31.5 Å². The highest BCUT2D eigenvalue weighted by molar-refractivity contribution is 4.99. The summed E-state index contributed by atoms with van der Waals surface area (Å²) < 4.78 is 11.4. The maximum absolute atomic E-state index is 5.68. The lowest BCUT2D eigenvalue weighted by Crippen LogP contribution is -2.35. The Kier molecular flexibility index (Phi) is 1.37. The van der Waals surface area contributed by atoms with Crippen LogP contribution in [0.2, 0.25) is 0 Å². The molecule has 0 N–H and O–H groups in total. The van der Waals surface area contributed by atoms with Gasteiger partial charge in [0.05, 0.1) is 13.2 Å². The van der Waals surface area contributed by atoms with E-state index in [1.807, 2.05) is 0 Å². The molecule has 1 heterocycles. The van der Waals surface area contributed by atoms with E-state index in [9.17, 15) is 0 Å². The third-order valence-electron chi connectivity index (χ3n) is 3.84. The van der Waals surface area contributed by atoms with Crippen LogP contribution in [-0.2, 0) is 9.47 Å². The highest BCUT2D eigenvalue weighted by atomic mass is 16.7. The van der Waals surface area contributed by atoms with Gasteiger partial charge < -0.3 is 9.47 Å². The molecule has 68 valence electrons. The zero-order chi connectivity index (χ0) is 8.07. The molecule has 3 rings (SSSR count). The molecular formula is C10H16O2. The summed E-state index contributed by atoms with van der Waals surface area (Å²) in [5, 5.41) is 0. The molecule has 0 radical (unpaired) electrons. The van der Waals surface area contributed by atoms with Crippen LogP contribution in [0.15, 0.2) is 0 Å². The van der Waals surface area contributed by atoms with Crippen molar-refractivity contribution in [1.82, 2.24) is 0 Å². The van der Waals surface area contributed by atoms with E-state index in [1.54, 1.807) is 0 Å². The summed E-state index contributed by atoms with van der Waals surface area (Å²) in [5.41, 5.74) is 0.751. The van der Waals surface area contributed by atoms with E-state index in [4.69, 9.17) is 9.47 Å². The van der Waals surface area contributed by atoms with Crippen molar-refractivity contribution in [2.75, 3.05) is 13.2 Å². The molecule has 12 heavy (non-hydrogen) atoms. The number of hydrogen-bond acceptors (Lipinski definition) is 2. The fourth-order valence-electron chi connectivity index (χ4n) is 2.62. The molecule has 0 aromatic heterocycles. The van der Waals surface area contributed by atoms with Gasteiger partial charge in [0.2, 0.25) is 0 Å². The maximum atomic E-state index is 5.68. The Morgan fingerprint density at radius 2 is 1.17 bits per heavy atom. The Labute approximate surface area is 73.2 Å². The normalized spacial score (nSPS) is 36.0. The molecule has 3 aliphatic rings. The second-order valence-corrected chi connectivity index (χ2v) is 4.61. The summed E-state index contributed by atoms with van der Waals surface area (Å²) in [7, 11) is 0. The molecule has 0 unspecified atom stereocenters. The minimum absolute atomic E-state index is 0.131. The summed E-state index contributed by atoms with van der Waals surface area (Å²) in [4.78, 5) is 0. The van der Waals surface area contributed by atoms with E-state index >= 15 is 0 Å². The van der Waals surface area contributed by atoms with Crippen molar-refractivity contribution in [3.05, 3.63) is 0 Å². The van der Waals surface area contributed by atoms with Gasteiger partial charge in [0.25, 0.3) is 0 Å². The largest absolute Gasteiger partial charge is 0.348 e. The van der Waals surface area contributed by atoms with E-state index in [1.165, 1.54) is 25.7 Å². The summed E-state index contributed by atoms with van der Waals surface area (Å²) in [6, 6.07) is 0. The molecule has 3 fully saturated rings. The van der Waals surface area contributed by atoms with Gasteiger partial charge in [-0.25, -0.2) is 0 Å². The Hall–Kier alpha value is -0.0800. The molecule has 0 atom stereocenters. The second kappa shape index (κ2) is 2.24. The van der Waals surface area contributed by atoms with Gasteiger partial charge in [0.15, 0.2) is 5.79 Å². The van der Waals surface area contributed by atoms with Crippen LogP contribution in [0.4, 0.5) is 0 Å². The van der Waals surface area contributed by atoms with Crippen molar-refractivity contribution in [2.45, 2.75) is 44.3 Å². The molecule has 0 aromatic rings. The van der Waals surface area contributed by atoms with Crippen LogP contribution in [0.5, 0.6) is 0 Å². The van der Waals surface area contributed by atoms with Crippen molar-refractivity contribution < 1.29 is 9.47 Å². The lowest BCUT2D eigenvalue weighted by Gasteiger charge is -2.35. The first-order valence-electron chi connectivity index (χ1n) is 5.11. The average molecular weight is 168 g/mol. The van der Waals surface area contributed by atoms with Gasteiger partial charge in [0, 0.05) is 12.8 Å². The summed E-state index contributed by atoms with van der Waals surface area (Å²) in [6.07, 6.45) is 7.90. The lowest BCUT2D eigenvalue weighted by atomic mass is 9.82. The van der Waals surface area contributed by atoms with Crippen LogP contribution in [0.1, 0.15) is 38.5 Å². The SMILES string of the molecule is C1COC2(CCC3(CC3)CC2)O1. The van der Waals surface area contributed by atoms with E-state index < -0.39 is 0 Å². The number of ether oxygens (including phenoxy) is 2. The van der Waals surface area contributed by atoms with Crippen LogP contribution in [-0.4, -0.2) is 19.0 Å². The molecule has 2 aliphatic carbocycles. The van der Waals surface area contributed by atoms with Crippen LogP contribution in [0.3, 0.4) is 0 Å². The van der Waals surface area contributed by atoms with Crippen LogP contribution in [0.25, 0.3) is 0 Å². The highest BCUT2D eigenvalue weighted by Crippen LogP contribution is 2.58. The molecule has 0 bridgehead atoms. The van der Waals surface area contributed by atoms with Gasteiger partial charge in [-0.1, -0.05) is 0 Å². The minimum atomic E-state index is -0.131. The third-order valence-corrected chi connectivity index (χ3v) is 3.84. The standard InChI is InChI=1S/C10H16O2/c1-2-9(1)3-5-10(6-4-9)11-7-8-12-10/h1-8H2. The first-order chi connectivity index (χ1) is 5.83. The molecule has 2 spiro atoms. The minimum Gasteiger partial charge on any atom is -0.348 e. The first-order valence-corrected chi connectivity index (χ1v) is 5.11. The van der Waals surface area contributed by atoms with Gasteiger partial charge >= 0.3 is 0 Å². The zero-order valence-electron chi connectivity index (χ0n) is 7.47. The third kappa shape index (κ3) is 1.01. The predicted octanol–water partition coefficient (Wildman–Crippen LogP) is 2.08. The first kappa shape index (κ1) is 7.34. The lowest BCUT2D eigenvalue weighted by molar-refractivity contribution is -0.184. The van der Waals surface area contributed by atoms with Crippen LogP contribution < -0.4 is 0 Å². The monoisotopic (exact) mass is 168 g/mol. The molecule has 0 aromatic carbocycles. The molecule has 2 nitrogen and oxygen atoms in total. The van der Waals surface area contributed by atoms with Crippen molar-refractivity contribution in [3.8, 4) is 0 Å². The maximum Gasteiger partial charge on any atom is 0.168 e. The quantitative estimate of drug-likeness (QED) is 0.551. The van der Waals surface area contributed by atoms with Crippen LogP contribution >= 0.6 is 0 Å². The summed E-state index contributed by atoms with van der Waals surface area (Å²) in [6.45, 7) is 1.62. The average Bonchev–Trinajstić information content (AvgIpc) is 2.72. The van der Waals surface area contributed by atoms with E-state index in [-0.39, 0.29) is 5.79 Å². The molecular weight excluding hydrogens is 152 g/mol. The molecule has 2 heteroatoms. The topological polar surface area (TPSA) is 18.5 Å². The second-order valence-electron chi connectivity index (χ2n) is 4.61. The smallest absolute Gasteiger partial charge is 0.168 e. The van der Waals surface area contributed by atoms with Gasteiger partial charge in [-0.3, -0.25) is 0 Å². The van der Waals surface area contributed by atoms with Gasteiger partial charge in [-0.05, 0) is 31.1 Å². The number of hydrogen-bond donors (Lipinski definition) is 0. The zero-order valence-corrected chi connectivity index (χ0v) is 7.47. The van der Waals surface area contributed by atoms with E-state index in [0.29, 0.717) is 0 Å². The van der Waals surface area contributed by atoms with Gasteiger partial charge in [-0.2, -0.15) is 0 Å². The number of rotatable bonds is 0. The molecule has 1 aliphatic heterocycles. The summed E-state index contributed by atoms with van der Waals surface area (Å²) >= 11 is 0. The fraction of sp³-hybridized carbons (Fsp3) is 1.00. The highest BCUT2D eigenvalue weighted by Gasteiger charge is 2.51. The van der Waals surface area contributed by atoms with Crippen molar-refractivity contribution in [1.29, 1.82) is 0 Å². The van der Waals surface area contributed by atoms with Crippen molar-refractivity contribution in [3.63, 3.8) is 0 Å². The van der Waals surface area contributed by atoms with Crippen molar-refractivity contribution in [2.24, 2.45) is 5.41 Å². The van der Waals surface area contributed by atoms with Gasteiger partial charge in [-0.15, -0.1) is 0 Å². The van der Waals surface area contributed by atoms with Gasteiger partial charge in [0.1, 0.15) is 0 Å². The summed E-state index contributed by atoms with van der Waals surface area (Å²) in [5.74, 6) is -0.131. The predicted molar refractivity (Wildman–Crippen MR) is 44.8 cm³/mol. The molecule has 1 saturated heterocycles. The Bertz CT molecular complexity index is 178. The Morgan fingerprint density at radius 1 is 0.667 bits per heavy atom. The van der Waals surface area contributed by atoms with Crippen molar-refractivity contribution >= 4 is 0 Å². The Morgan fingerprint density at radius 3 is 1.67 bits per heavy atom. The fourth-order valence-corrected chi connectivity index (χ4v) is 2.62. The molecule has 0 amide bonds. The van der Waals surface area contributed by atoms with Crippen LogP contribution in [0, 0.1) is 5.41 Å². The van der Waals surface area contributed by atoms with E-state index in [2.05, 4.69) is 0 Å².